The van der Waals surface area contributed by atoms with Crippen LogP contribution < -0.4 is 10.2 Å². The molecule has 10 heteroatoms. The topological polar surface area (TPSA) is 87.7 Å². The number of nitrogens with zero attached hydrogens (tertiary/aromatic N) is 4. The minimum atomic E-state index is -0.585. The number of fused-ring (bicyclic) bond motifs is 1. The van der Waals surface area contributed by atoms with E-state index in [0.29, 0.717) is 36.8 Å². The second-order valence-corrected chi connectivity index (χ2v) is 9.73. The largest absolute Gasteiger partial charge is 0.460 e. The summed E-state index contributed by atoms with van der Waals surface area (Å²) in [6.45, 7) is 5.99. The van der Waals surface area contributed by atoms with Crippen LogP contribution >= 0.6 is 11.3 Å². The predicted molar refractivity (Wildman–Crippen MR) is 143 cm³/mol. The van der Waals surface area contributed by atoms with E-state index in [9.17, 15) is 14.0 Å². The molecular formula is C27H26FN5O3S. The van der Waals surface area contributed by atoms with Crippen molar-refractivity contribution in [2.75, 3.05) is 43.0 Å². The summed E-state index contributed by atoms with van der Waals surface area (Å²) in [4.78, 5) is 39.7. The van der Waals surface area contributed by atoms with Crippen LogP contribution in [0, 0.1) is 12.7 Å². The Labute approximate surface area is 217 Å². The van der Waals surface area contributed by atoms with Crippen LogP contribution in [0.25, 0.3) is 20.7 Å². The molecule has 0 bridgehead atoms. The van der Waals surface area contributed by atoms with Gasteiger partial charge in [0.25, 0.3) is 0 Å². The molecule has 1 aliphatic rings. The molecule has 3 heterocycles. The number of urea groups is 1. The predicted octanol–water partition coefficient (Wildman–Crippen LogP) is 5.34. The number of benzene rings is 2. The van der Waals surface area contributed by atoms with Gasteiger partial charge in [-0.15, -0.1) is 11.3 Å². The molecular weight excluding hydrogens is 493 g/mol. The summed E-state index contributed by atoms with van der Waals surface area (Å²) < 4.78 is 18.6. The van der Waals surface area contributed by atoms with Crippen molar-refractivity contribution < 1.29 is 18.7 Å². The molecule has 5 rings (SSSR count). The number of nitrogens with one attached hydrogen (secondary N) is 1. The number of halogens is 1. The second-order valence-electron chi connectivity index (χ2n) is 8.70. The van der Waals surface area contributed by atoms with Crippen LogP contribution in [0.4, 0.5) is 20.7 Å². The molecule has 2 amide bonds. The highest BCUT2D eigenvalue weighted by atomic mass is 32.1. The molecule has 0 unspecified atom stereocenters. The van der Waals surface area contributed by atoms with Gasteiger partial charge in [-0.05, 0) is 55.3 Å². The lowest BCUT2D eigenvalue weighted by atomic mass is 10.1. The Morgan fingerprint density at radius 2 is 1.81 bits per heavy atom. The van der Waals surface area contributed by atoms with Crippen molar-refractivity contribution in [2.24, 2.45) is 0 Å². The first-order valence-electron chi connectivity index (χ1n) is 12.0. The molecule has 1 aliphatic heterocycles. The molecule has 0 atom stereocenters. The average molecular weight is 520 g/mol. The number of hydrogen-bond donors (Lipinski definition) is 1. The maximum Gasteiger partial charge on any atom is 0.376 e. The summed E-state index contributed by atoms with van der Waals surface area (Å²) in [5, 5.41) is 3.76. The quantitative estimate of drug-likeness (QED) is 0.358. The van der Waals surface area contributed by atoms with Crippen molar-refractivity contribution in [3.8, 4) is 10.4 Å². The molecule has 0 saturated carbocycles. The average Bonchev–Trinajstić information content (AvgIpc) is 3.33. The molecule has 0 radical (unpaired) electrons. The maximum atomic E-state index is 13.4. The zero-order valence-electron chi connectivity index (χ0n) is 20.5. The van der Waals surface area contributed by atoms with Crippen LogP contribution in [-0.4, -0.2) is 59.7 Å². The fraction of sp³-hybridized carbons (Fsp3) is 0.259. The molecule has 2 aromatic carbocycles. The molecule has 190 valence electrons. The second kappa shape index (κ2) is 10.5. The van der Waals surface area contributed by atoms with E-state index in [1.807, 2.05) is 37.3 Å². The molecule has 4 aromatic rings. The van der Waals surface area contributed by atoms with Crippen molar-refractivity contribution in [1.82, 2.24) is 14.9 Å². The van der Waals surface area contributed by atoms with E-state index in [1.54, 1.807) is 24.0 Å². The number of ether oxygens (including phenoxy) is 1. The SMILES string of the molecule is CCOC(=O)c1nc(N2CCN(C(=O)Nc3cccc(C)c3)CC2)c2cc(-c3ccc(F)cc3)sc2n1. The van der Waals surface area contributed by atoms with E-state index in [0.717, 1.165) is 27.1 Å². The minimum absolute atomic E-state index is 0.00326. The number of aromatic nitrogens is 2. The van der Waals surface area contributed by atoms with Gasteiger partial charge in [-0.3, -0.25) is 0 Å². The Bertz CT molecular complexity index is 1450. The summed E-state index contributed by atoms with van der Waals surface area (Å²) in [7, 11) is 0. The third kappa shape index (κ3) is 5.39. The summed E-state index contributed by atoms with van der Waals surface area (Å²) >= 11 is 1.41. The van der Waals surface area contributed by atoms with Gasteiger partial charge in [0.1, 0.15) is 16.5 Å². The fourth-order valence-corrected chi connectivity index (χ4v) is 5.27. The molecule has 2 aromatic heterocycles. The Kier molecular flexibility index (Phi) is 7.00. The van der Waals surface area contributed by atoms with E-state index in [-0.39, 0.29) is 24.3 Å². The third-order valence-corrected chi connectivity index (χ3v) is 7.17. The molecule has 0 aliphatic carbocycles. The number of hydrogen-bond acceptors (Lipinski definition) is 7. The molecule has 0 spiro atoms. The van der Waals surface area contributed by atoms with Gasteiger partial charge in [0.2, 0.25) is 5.82 Å². The summed E-state index contributed by atoms with van der Waals surface area (Å²) in [5.74, 6) is -0.273. The van der Waals surface area contributed by atoms with Crippen molar-refractivity contribution in [2.45, 2.75) is 13.8 Å². The van der Waals surface area contributed by atoms with Gasteiger partial charge in [-0.1, -0.05) is 24.3 Å². The Hall–Kier alpha value is -4.05. The summed E-state index contributed by atoms with van der Waals surface area (Å²) in [6, 6.07) is 15.8. The monoisotopic (exact) mass is 519 g/mol. The highest BCUT2D eigenvalue weighted by molar-refractivity contribution is 7.21. The van der Waals surface area contributed by atoms with Crippen molar-refractivity contribution in [3.63, 3.8) is 0 Å². The number of thiophene rings is 1. The number of piperazine rings is 1. The van der Waals surface area contributed by atoms with Crippen LogP contribution in [0.1, 0.15) is 23.1 Å². The Morgan fingerprint density at radius 1 is 1.05 bits per heavy atom. The zero-order valence-corrected chi connectivity index (χ0v) is 21.3. The third-order valence-electron chi connectivity index (χ3n) is 6.10. The lowest BCUT2D eigenvalue weighted by Gasteiger charge is -2.35. The minimum Gasteiger partial charge on any atom is -0.460 e. The van der Waals surface area contributed by atoms with Crippen LogP contribution in [0.3, 0.4) is 0 Å². The molecule has 1 fully saturated rings. The van der Waals surface area contributed by atoms with E-state index in [2.05, 4.69) is 20.2 Å². The van der Waals surface area contributed by atoms with Gasteiger partial charge in [0.05, 0.1) is 12.0 Å². The smallest absolute Gasteiger partial charge is 0.376 e. The van der Waals surface area contributed by atoms with Gasteiger partial charge in [0, 0.05) is 36.7 Å². The number of amides is 2. The van der Waals surface area contributed by atoms with Gasteiger partial charge < -0.3 is 19.9 Å². The molecule has 1 saturated heterocycles. The van der Waals surface area contributed by atoms with Gasteiger partial charge in [-0.2, -0.15) is 0 Å². The first kappa shape index (κ1) is 24.6. The Morgan fingerprint density at radius 3 is 2.51 bits per heavy atom. The first-order chi connectivity index (χ1) is 17.9. The van der Waals surface area contributed by atoms with E-state index in [4.69, 9.17) is 4.74 Å². The normalized spacial score (nSPS) is 13.6. The van der Waals surface area contributed by atoms with Crippen molar-refractivity contribution in [1.29, 1.82) is 0 Å². The van der Waals surface area contributed by atoms with Crippen LogP contribution in [0.2, 0.25) is 0 Å². The number of carbonyl (C=O) groups is 2. The number of carbonyl (C=O) groups excluding carboxylic acids is 2. The highest BCUT2D eigenvalue weighted by Gasteiger charge is 2.26. The maximum absolute atomic E-state index is 13.4. The molecule has 37 heavy (non-hydrogen) atoms. The number of esters is 1. The van der Waals surface area contributed by atoms with E-state index < -0.39 is 5.97 Å². The van der Waals surface area contributed by atoms with Crippen LogP contribution in [0.5, 0.6) is 0 Å². The highest BCUT2D eigenvalue weighted by Crippen LogP contribution is 2.37. The standard InChI is InChI=1S/C27H26FN5O3S/c1-3-36-26(34)23-30-24(21-16-22(37-25(21)31-23)18-7-9-19(28)10-8-18)32-11-13-33(14-12-32)27(35)29-20-6-4-5-17(2)15-20/h4-10,15-16H,3,11-14H2,1-2H3,(H,29,35). The number of aryl methyl sites for hydroxylation is 1. The van der Waals surface area contributed by atoms with Gasteiger partial charge >= 0.3 is 12.0 Å². The van der Waals surface area contributed by atoms with E-state index >= 15 is 0 Å². The number of anilines is 2. The van der Waals surface area contributed by atoms with Crippen molar-refractivity contribution in [3.05, 3.63) is 71.8 Å². The van der Waals surface area contributed by atoms with E-state index in [1.165, 1.54) is 23.5 Å². The van der Waals surface area contributed by atoms with Crippen LogP contribution in [-0.2, 0) is 4.74 Å². The Balaban J connectivity index is 1.40. The first-order valence-corrected chi connectivity index (χ1v) is 12.8. The molecule has 1 N–H and O–H groups in total. The van der Waals surface area contributed by atoms with Gasteiger partial charge in [0.15, 0.2) is 0 Å². The van der Waals surface area contributed by atoms with Crippen molar-refractivity contribution >= 4 is 45.1 Å². The fourth-order valence-electron chi connectivity index (χ4n) is 4.24. The summed E-state index contributed by atoms with van der Waals surface area (Å²) in [5.41, 5.74) is 2.69. The van der Waals surface area contributed by atoms with Crippen LogP contribution in [0.15, 0.2) is 54.6 Å². The lowest BCUT2D eigenvalue weighted by molar-refractivity contribution is 0.0512. The van der Waals surface area contributed by atoms with Gasteiger partial charge in [-0.25, -0.2) is 23.9 Å². The zero-order chi connectivity index (χ0) is 25.9. The summed E-state index contributed by atoms with van der Waals surface area (Å²) in [6.07, 6.45) is 0. The lowest BCUT2D eigenvalue weighted by Crippen LogP contribution is -2.50. The molecule has 8 nitrogen and oxygen atoms in total. The number of rotatable bonds is 5.